The van der Waals surface area contributed by atoms with Gasteiger partial charge in [0.2, 0.25) is 0 Å². The molecule has 0 unspecified atom stereocenters. The van der Waals surface area contributed by atoms with Crippen LogP contribution in [0.1, 0.15) is 42.0 Å². The fourth-order valence-corrected chi connectivity index (χ4v) is 1.92. The maximum absolute atomic E-state index is 11.2. The van der Waals surface area contributed by atoms with E-state index in [9.17, 15) is 9.59 Å². The van der Waals surface area contributed by atoms with Crippen LogP contribution in [0.4, 0.5) is 0 Å². The first-order valence-corrected chi connectivity index (χ1v) is 7.03. The van der Waals surface area contributed by atoms with Crippen molar-refractivity contribution in [2.45, 2.75) is 42.0 Å². The second kappa shape index (κ2) is 13.0. The second-order valence-electron chi connectivity index (χ2n) is 4.96. The van der Waals surface area contributed by atoms with Crippen molar-refractivity contribution in [1.82, 2.24) is 0 Å². The molecule has 0 atom stereocenters. The van der Waals surface area contributed by atoms with Crippen molar-refractivity contribution in [2.24, 2.45) is 5.41 Å². The van der Waals surface area contributed by atoms with Gasteiger partial charge in [0.15, 0.2) is 0 Å². The Labute approximate surface area is 128 Å². The van der Waals surface area contributed by atoms with E-state index in [0.717, 1.165) is 17.6 Å². The van der Waals surface area contributed by atoms with Crippen LogP contribution in [0.15, 0.2) is 12.7 Å². The SMILES string of the molecule is C.C.C=CC(=O)OCCC(=O)OCCSCC(C)(C)C. The topological polar surface area (TPSA) is 52.6 Å². The van der Waals surface area contributed by atoms with Crippen LogP contribution in [0.5, 0.6) is 0 Å². The largest absolute Gasteiger partial charge is 0.465 e. The van der Waals surface area contributed by atoms with Crippen molar-refractivity contribution in [2.75, 3.05) is 24.7 Å². The molecule has 0 N–H and O–H groups in total. The average molecular weight is 306 g/mol. The number of carbonyl (C=O) groups is 2. The van der Waals surface area contributed by atoms with E-state index in [4.69, 9.17) is 4.74 Å². The van der Waals surface area contributed by atoms with Gasteiger partial charge in [0, 0.05) is 11.8 Å². The minimum Gasteiger partial charge on any atom is -0.465 e. The molecule has 0 aliphatic carbocycles. The Morgan fingerprint density at radius 3 is 2.25 bits per heavy atom. The Morgan fingerprint density at radius 1 is 1.15 bits per heavy atom. The van der Waals surface area contributed by atoms with E-state index in [0.29, 0.717) is 6.61 Å². The molecule has 0 heterocycles. The van der Waals surface area contributed by atoms with Gasteiger partial charge in [-0.05, 0) is 11.2 Å². The zero-order chi connectivity index (χ0) is 14.0. The van der Waals surface area contributed by atoms with Gasteiger partial charge in [-0.15, -0.1) is 0 Å². The van der Waals surface area contributed by atoms with Gasteiger partial charge in [0.05, 0.1) is 6.42 Å². The number of carbonyl (C=O) groups excluding carboxylic acids is 2. The van der Waals surface area contributed by atoms with Crippen LogP contribution in [0.25, 0.3) is 0 Å². The summed E-state index contributed by atoms with van der Waals surface area (Å²) in [6, 6.07) is 0. The molecule has 0 aliphatic rings. The van der Waals surface area contributed by atoms with Gasteiger partial charge in [-0.1, -0.05) is 42.2 Å². The van der Waals surface area contributed by atoms with Crippen molar-refractivity contribution in [3.8, 4) is 0 Å². The smallest absolute Gasteiger partial charge is 0.330 e. The van der Waals surface area contributed by atoms with Crippen molar-refractivity contribution >= 4 is 23.7 Å². The van der Waals surface area contributed by atoms with E-state index >= 15 is 0 Å². The van der Waals surface area contributed by atoms with E-state index in [1.54, 1.807) is 11.8 Å². The summed E-state index contributed by atoms with van der Waals surface area (Å²) < 4.78 is 9.67. The summed E-state index contributed by atoms with van der Waals surface area (Å²) in [5, 5.41) is 0. The predicted octanol–water partition coefficient (Wildman–Crippen LogP) is 3.70. The zero-order valence-electron chi connectivity index (χ0n) is 11.4. The Bertz CT molecular complexity index is 282. The molecule has 0 saturated heterocycles. The maximum atomic E-state index is 11.2. The van der Waals surface area contributed by atoms with E-state index in [-0.39, 0.29) is 39.3 Å². The summed E-state index contributed by atoms with van der Waals surface area (Å²) >= 11 is 1.76. The molecule has 5 heteroatoms. The van der Waals surface area contributed by atoms with Crippen molar-refractivity contribution in [3.05, 3.63) is 12.7 Å². The number of hydrogen-bond donors (Lipinski definition) is 0. The fourth-order valence-electron chi connectivity index (χ4n) is 0.959. The lowest BCUT2D eigenvalue weighted by atomic mass is 10.0. The molecule has 0 saturated carbocycles. The number of esters is 2. The molecule has 0 spiro atoms. The van der Waals surface area contributed by atoms with Gasteiger partial charge in [0.1, 0.15) is 13.2 Å². The molecule has 0 aromatic heterocycles. The minimum absolute atomic E-state index is 0. The van der Waals surface area contributed by atoms with Crippen LogP contribution in [0.2, 0.25) is 0 Å². The highest BCUT2D eigenvalue weighted by Gasteiger charge is 2.10. The average Bonchev–Trinajstić information content (AvgIpc) is 2.26. The summed E-state index contributed by atoms with van der Waals surface area (Å²) in [7, 11) is 0. The molecule has 0 rings (SSSR count). The van der Waals surface area contributed by atoms with Gasteiger partial charge in [-0.2, -0.15) is 11.8 Å². The summed E-state index contributed by atoms with van der Waals surface area (Å²) in [6.07, 6.45) is 1.15. The normalized spacial score (nSPS) is 9.75. The summed E-state index contributed by atoms with van der Waals surface area (Å²) in [6.45, 7) is 10.2. The third-order valence-corrected chi connectivity index (χ3v) is 3.27. The summed E-state index contributed by atoms with van der Waals surface area (Å²) in [5.41, 5.74) is 0.285. The third-order valence-electron chi connectivity index (χ3n) is 1.74. The van der Waals surface area contributed by atoms with Crippen LogP contribution in [0.3, 0.4) is 0 Å². The lowest BCUT2D eigenvalue weighted by molar-refractivity contribution is -0.146. The van der Waals surface area contributed by atoms with Gasteiger partial charge < -0.3 is 9.47 Å². The first kappa shape index (κ1) is 24.1. The van der Waals surface area contributed by atoms with Gasteiger partial charge in [-0.25, -0.2) is 4.79 Å². The molecule has 0 aromatic carbocycles. The van der Waals surface area contributed by atoms with Crippen molar-refractivity contribution in [1.29, 1.82) is 0 Å². The first-order valence-electron chi connectivity index (χ1n) is 5.88. The van der Waals surface area contributed by atoms with Gasteiger partial charge >= 0.3 is 11.9 Å². The number of ether oxygens (including phenoxy) is 2. The highest BCUT2D eigenvalue weighted by atomic mass is 32.2. The molecular weight excluding hydrogens is 276 g/mol. The Hall–Kier alpha value is -0.970. The molecule has 120 valence electrons. The lowest BCUT2D eigenvalue weighted by Gasteiger charge is -2.16. The zero-order valence-corrected chi connectivity index (χ0v) is 12.2. The van der Waals surface area contributed by atoms with Gasteiger partial charge in [0.25, 0.3) is 0 Å². The van der Waals surface area contributed by atoms with Crippen LogP contribution >= 0.6 is 11.8 Å². The Morgan fingerprint density at radius 2 is 1.75 bits per heavy atom. The van der Waals surface area contributed by atoms with Crippen molar-refractivity contribution in [3.63, 3.8) is 0 Å². The van der Waals surface area contributed by atoms with Crippen LogP contribution in [-0.2, 0) is 19.1 Å². The van der Waals surface area contributed by atoms with Crippen LogP contribution in [0, 0.1) is 5.41 Å². The molecule has 0 fully saturated rings. The molecule has 0 aliphatic heterocycles. The van der Waals surface area contributed by atoms with E-state index in [2.05, 4.69) is 32.1 Å². The third kappa shape index (κ3) is 17.0. The summed E-state index contributed by atoms with van der Waals surface area (Å²) in [5.74, 6) is 0.948. The predicted molar refractivity (Wildman–Crippen MR) is 87.0 cm³/mol. The quantitative estimate of drug-likeness (QED) is 0.389. The number of hydrogen-bond acceptors (Lipinski definition) is 5. The maximum Gasteiger partial charge on any atom is 0.330 e. The standard InChI is InChI=1S/C13H22O4S.2CH4/c1-5-11(14)16-7-6-12(15)17-8-9-18-10-13(2,3)4;;/h5H,1,6-10H2,2-4H3;2*1H4. The number of thioether (sulfide) groups is 1. The van der Waals surface area contributed by atoms with Gasteiger partial charge in [-0.3, -0.25) is 4.79 Å². The highest BCUT2D eigenvalue weighted by Crippen LogP contribution is 2.19. The molecule has 0 bridgehead atoms. The van der Waals surface area contributed by atoms with Crippen LogP contribution in [-0.4, -0.2) is 36.7 Å². The molecule has 0 aromatic rings. The highest BCUT2D eigenvalue weighted by molar-refractivity contribution is 7.99. The Kier molecular flexibility index (Phi) is 15.7. The summed E-state index contributed by atoms with van der Waals surface area (Å²) in [4.78, 5) is 21.9. The lowest BCUT2D eigenvalue weighted by Crippen LogP contribution is -2.13. The van der Waals surface area contributed by atoms with E-state index < -0.39 is 5.97 Å². The molecular formula is C15H30O4S. The monoisotopic (exact) mass is 306 g/mol. The van der Waals surface area contributed by atoms with E-state index in [1.807, 2.05) is 0 Å². The molecule has 4 nitrogen and oxygen atoms in total. The first-order chi connectivity index (χ1) is 8.35. The molecule has 0 amide bonds. The second-order valence-corrected chi connectivity index (χ2v) is 6.06. The number of rotatable bonds is 8. The van der Waals surface area contributed by atoms with Crippen molar-refractivity contribution < 1.29 is 19.1 Å². The fraction of sp³-hybridized carbons (Fsp3) is 0.733. The molecule has 20 heavy (non-hydrogen) atoms. The Balaban J connectivity index is -0.00000144. The minimum atomic E-state index is -0.525. The molecule has 0 radical (unpaired) electrons. The van der Waals surface area contributed by atoms with E-state index in [1.165, 1.54) is 0 Å². The van der Waals surface area contributed by atoms with Crippen LogP contribution < -0.4 is 0 Å².